The number of fused-ring (bicyclic) bond motifs is 2. The first kappa shape index (κ1) is 21.7. The second-order valence-corrected chi connectivity index (χ2v) is 7.16. The van der Waals surface area contributed by atoms with Crippen LogP contribution in [0.3, 0.4) is 0 Å². The summed E-state index contributed by atoms with van der Waals surface area (Å²) < 4.78 is 4.97. The van der Waals surface area contributed by atoms with Gasteiger partial charge in [-0.15, -0.1) is 0 Å². The first-order valence-corrected chi connectivity index (χ1v) is 9.83. The van der Waals surface area contributed by atoms with Crippen LogP contribution < -0.4 is 5.73 Å². The third kappa shape index (κ3) is 5.14. The summed E-state index contributed by atoms with van der Waals surface area (Å²) in [6, 6.07) is 21.4. The molecule has 0 fully saturated rings. The molecule has 5 nitrogen and oxygen atoms in total. The molecule has 0 saturated carbocycles. The van der Waals surface area contributed by atoms with E-state index in [1.54, 1.807) is 55.5 Å². The van der Waals surface area contributed by atoms with Crippen molar-refractivity contribution in [3.63, 3.8) is 0 Å². The third-order valence-electron chi connectivity index (χ3n) is 4.78. The Morgan fingerprint density at radius 3 is 1.61 bits per heavy atom. The molecule has 0 saturated heterocycles. The number of ketones is 2. The van der Waals surface area contributed by atoms with Crippen LogP contribution in [0.2, 0.25) is 0 Å². The molecule has 3 aromatic rings. The van der Waals surface area contributed by atoms with Gasteiger partial charge < -0.3 is 10.5 Å². The van der Waals surface area contributed by atoms with Crippen LogP contribution >= 0.6 is 0 Å². The van der Waals surface area contributed by atoms with Gasteiger partial charge in [0.1, 0.15) is 0 Å². The molecule has 2 N–H and O–H groups in total. The fourth-order valence-corrected chi connectivity index (χ4v) is 3.12. The molecule has 0 heterocycles. The zero-order chi connectivity index (χ0) is 22.4. The monoisotopic (exact) mass is 413 g/mol. The van der Waals surface area contributed by atoms with E-state index < -0.39 is 0 Å². The van der Waals surface area contributed by atoms with Gasteiger partial charge in [-0.25, -0.2) is 4.79 Å². The highest BCUT2D eigenvalue weighted by Crippen LogP contribution is 2.26. The Kier molecular flexibility index (Phi) is 6.78. The van der Waals surface area contributed by atoms with Gasteiger partial charge in [-0.3, -0.25) is 9.59 Å². The number of rotatable bonds is 4. The highest BCUT2D eigenvalue weighted by molar-refractivity contribution is 6.28. The number of hydrogen-bond acceptors (Lipinski definition) is 5. The molecule has 0 radical (unpaired) electrons. The van der Waals surface area contributed by atoms with Gasteiger partial charge in [-0.05, 0) is 24.6 Å². The normalized spacial score (nSPS) is 11.5. The summed E-state index contributed by atoms with van der Waals surface area (Å²) in [6.07, 6.45) is 0.694. The lowest BCUT2D eigenvalue weighted by Crippen LogP contribution is -2.20. The van der Waals surface area contributed by atoms with Gasteiger partial charge in [0.05, 0.1) is 6.61 Å². The van der Waals surface area contributed by atoms with E-state index in [2.05, 4.69) is 6.58 Å². The molecule has 4 rings (SSSR count). The molecule has 0 bridgehead atoms. The number of benzene rings is 3. The van der Waals surface area contributed by atoms with Crippen LogP contribution in [0.15, 0.2) is 84.9 Å². The minimum absolute atomic E-state index is 0.0641. The predicted molar refractivity (Wildman–Crippen MR) is 120 cm³/mol. The fourth-order valence-electron chi connectivity index (χ4n) is 3.12. The van der Waals surface area contributed by atoms with Crippen molar-refractivity contribution in [3.05, 3.63) is 113 Å². The van der Waals surface area contributed by atoms with Crippen molar-refractivity contribution in [2.24, 2.45) is 0 Å². The molecule has 3 aromatic carbocycles. The Morgan fingerprint density at radius 1 is 0.806 bits per heavy atom. The summed E-state index contributed by atoms with van der Waals surface area (Å²) in [4.78, 5) is 35.2. The van der Waals surface area contributed by atoms with E-state index in [9.17, 15) is 14.4 Å². The lowest BCUT2D eigenvalue weighted by molar-refractivity contribution is -0.138. The first-order chi connectivity index (χ1) is 14.9. The van der Waals surface area contributed by atoms with Gasteiger partial charge in [-0.1, -0.05) is 67.2 Å². The Balaban J connectivity index is 0.000000176. The quantitative estimate of drug-likeness (QED) is 0.305. The van der Waals surface area contributed by atoms with E-state index >= 15 is 0 Å². The van der Waals surface area contributed by atoms with Crippen LogP contribution in [0.4, 0.5) is 5.69 Å². The maximum absolute atomic E-state index is 12.1. The SMILES string of the molecule is C=C(C)C(=O)OCCc1ccc(N)cc1.O=C1c2ccccc2C(=O)c2ccccc21. The zero-order valence-corrected chi connectivity index (χ0v) is 17.3. The number of esters is 1. The number of nitrogens with two attached hydrogens (primary N) is 1. The standard InChI is InChI=1S/C14H8O2.C12H15NO2/c15-13-9-5-1-2-6-10(9)14(16)12-8-4-3-7-11(12)13;1-9(2)12(14)15-8-7-10-3-5-11(13)6-4-10/h1-8H;3-6H,1,7-8,13H2,2H3. The van der Waals surface area contributed by atoms with Crippen LogP contribution in [0.25, 0.3) is 0 Å². The van der Waals surface area contributed by atoms with Crippen molar-refractivity contribution in [1.82, 2.24) is 0 Å². The molecule has 0 unspecified atom stereocenters. The van der Waals surface area contributed by atoms with Crippen molar-refractivity contribution in [2.75, 3.05) is 12.3 Å². The Morgan fingerprint density at radius 2 is 1.23 bits per heavy atom. The summed E-state index contributed by atoms with van der Waals surface area (Å²) >= 11 is 0. The van der Waals surface area contributed by atoms with E-state index in [0.717, 1.165) is 11.3 Å². The zero-order valence-electron chi connectivity index (χ0n) is 17.3. The topological polar surface area (TPSA) is 86.5 Å². The number of ether oxygens (including phenoxy) is 1. The lowest BCUT2D eigenvalue weighted by Gasteiger charge is -2.16. The van der Waals surface area contributed by atoms with Crippen LogP contribution in [0.5, 0.6) is 0 Å². The Bertz CT molecular complexity index is 1040. The minimum Gasteiger partial charge on any atom is -0.462 e. The van der Waals surface area contributed by atoms with Crippen LogP contribution in [0, 0.1) is 0 Å². The average molecular weight is 413 g/mol. The summed E-state index contributed by atoms with van der Waals surface area (Å²) in [5.41, 5.74) is 9.82. The van der Waals surface area contributed by atoms with Crippen molar-refractivity contribution >= 4 is 23.2 Å². The molecular weight excluding hydrogens is 390 g/mol. The number of anilines is 1. The fraction of sp³-hybridized carbons (Fsp3) is 0.115. The molecule has 1 aliphatic rings. The lowest BCUT2D eigenvalue weighted by atomic mass is 9.84. The van der Waals surface area contributed by atoms with E-state index in [-0.39, 0.29) is 17.5 Å². The largest absolute Gasteiger partial charge is 0.462 e. The van der Waals surface area contributed by atoms with Crippen LogP contribution in [0.1, 0.15) is 44.3 Å². The molecule has 156 valence electrons. The smallest absolute Gasteiger partial charge is 0.333 e. The van der Waals surface area contributed by atoms with Crippen molar-refractivity contribution in [1.29, 1.82) is 0 Å². The Labute approximate surface area is 181 Å². The summed E-state index contributed by atoms with van der Waals surface area (Å²) in [5.74, 6) is -0.470. The first-order valence-electron chi connectivity index (χ1n) is 9.83. The summed E-state index contributed by atoms with van der Waals surface area (Å²) in [7, 11) is 0. The minimum atomic E-state index is -0.342. The second-order valence-electron chi connectivity index (χ2n) is 7.16. The van der Waals surface area contributed by atoms with Crippen molar-refractivity contribution in [2.45, 2.75) is 13.3 Å². The number of carbonyl (C=O) groups excluding carboxylic acids is 3. The van der Waals surface area contributed by atoms with Gasteiger partial charge >= 0.3 is 5.97 Å². The molecule has 0 aromatic heterocycles. The molecule has 0 amide bonds. The maximum Gasteiger partial charge on any atom is 0.333 e. The van der Waals surface area contributed by atoms with Gasteiger partial charge in [0.25, 0.3) is 0 Å². The molecule has 5 heteroatoms. The highest BCUT2D eigenvalue weighted by atomic mass is 16.5. The van der Waals surface area contributed by atoms with E-state index in [1.807, 2.05) is 24.3 Å². The predicted octanol–water partition coefficient (Wildman–Crippen LogP) is 4.39. The second kappa shape index (κ2) is 9.67. The average Bonchev–Trinajstić information content (AvgIpc) is 2.79. The molecule has 0 atom stereocenters. The van der Waals surface area contributed by atoms with Crippen molar-refractivity contribution < 1.29 is 19.1 Å². The third-order valence-corrected chi connectivity index (χ3v) is 4.78. The van der Waals surface area contributed by atoms with E-state index in [1.165, 1.54) is 0 Å². The maximum atomic E-state index is 12.1. The molecule has 0 aliphatic heterocycles. The van der Waals surface area contributed by atoms with E-state index in [0.29, 0.717) is 40.9 Å². The summed E-state index contributed by atoms with van der Waals surface area (Å²) in [6.45, 7) is 5.50. The molecular formula is C26H23NO4. The van der Waals surface area contributed by atoms with Gasteiger partial charge in [-0.2, -0.15) is 0 Å². The van der Waals surface area contributed by atoms with Gasteiger partial charge in [0.2, 0.25) is 0 Å². The molecule has 31 heavy (non-hydrogen) atoms. The molecule has 1 aliphatic carbocycles. The van der Waals surface area contributed by atoms with Gasteiger partial charge in [0, 0.05) is 39.9 Å². The highest BCUT2D eigenvalue weighted by Gasteiger charge is 2.28. The van der Waals surface area contributed by atoms with Crippen LogP contribution in [-0.4, -0.2) is 24.1 Å². The number of carbonyl (C=O) groups is 3. The number of hydrogen-bond donors (Lipinski definition) is 1. The summed E-state index contributed by atoms with van der Waals surface area (Å²) in [5, 5.41) is 0. The molecule has 0 spiro atoms. The van der Waals surface area contributed by atoms with Crippen molar-refractivity contribution in [3.8, 4) is 0 Å². The number of nitrogen functional groups attached to an aromatic ring is 1. The Hall–Kier alpha value is -3.99. The van der Waals surface area contributed by atoms with E-state index in [4.69, 9.17) is 10.5 Å². The van der Waals surface area contributed by atoms with Gasteiger partial charge in [0.15, 0.2) is 11.6 Å². The van der Waals surface area contributed by atoms with Crippen LogP contribution in [-0.2, 0) is 16.0 Å².